The van der Waals surface area contributed by atoms with Gasteiger partial charge in [0.2, 0.25) is 0 Å². The molecule has 23 heavy (non-hydrogen) atoms. The van der Waals surface area contributed by atoms with E-state index in [9.17, 15) is 9.82 Å². The Bertz CT molecular complexity index is 792. The first-order valence-corrected chi connectivity index (χ1v) is 8.20. The highest BCUT2D eigenvalue weighted by Crippen LogP contribution is 2.49. The van der Waals surface area contributed by atoms with Crippen molar-refractivity contribution >= 4 is 29.5 Å². The molecule has 5 nitrogen and oxygen atoms in total. The predicted octanol–water partition coefficient (Wildman–Crippen LogP) is 2.75. The molecule has 0 bridgehead atoms. The van der Waals surface area contributed by atoms with E-state index >= 15 is 0 Å². The number of H-pyrrole nitrogens is 1. The summed E-state index contributed by atoms with van der Waals surface area (Å²) in [5, 5.41) is 11.0. The van der Waals surface area contributed by atoms with E-state index in [1.54, 1.807) is 12.2 Å². The highest BCUT2D eigenvalue weighted by molar-refractivity contribution is 6.52. The Labute approximate surface area is 134 Å². The van der Waals surface area contributed by atoms with Crippen molar-refractivity contribution in [3.63, 3.8) is 0 Å². The molecule has 6 heteroatoms. The minimum absolute atomic E-state index is 0.340. The standard InChI is InChI=1S/C17H19BN2O3/c1-2-12(21)7-10-5-11(6-10)14-8-18(22)23-15-9-20-17-13(16(14)15)3-4-19-17/h3-4,8-11,22H,2,5-7H2,1H3,(H,19,20). The molecule has 1 aliphatic carbocycles. The van der Waals surface area contributed by atoms with Crippen molar-refractivity contribution in [3.8, 4) is 5.75 Å². The quantitative estimate of drug-likeness (QED) is 0.852. The van der Waals surface area contributed by atoms with Crippen LogP contribution in [0.15, 0.2) is 24.4 Å². The van der Waals surface area contributed by atoms with Gasteiger partial charge in [-0.1, -0.05) is 6.92 Å². The van der Waals surface area contributed by atoms with Crippen molar-refractivity contribution in [3.05, 3.63) is 30.0 Å². The summed E-state index contributed by atoms with van der Waals surface area (Å²) in [5.74, 6) is 3.63. The topological polar surface area (TPSA) is 75.2 Å². The fourth-order valence-corrected chi connectivity index (χ4v) is 3.74. The highest BCUT2D eigenvalue weighted by Gasteiger charge is 2.37. The number of hydrogen-bond acceptors (Lipinski definition) is 4. The fourth-order valence-electron chi connectivity index (χ4n) is 3.74. The van der Waals surface area contributed by atoms with E-state index in [0.29, 0.717) is 36.2 Å². The number of aromatic nitrogens is 2. The van der Waals surface area contributed by atoms with Crippen LogP contribution < -0.4 is 4.65 Å². The number of aromatic amines is 1. The van der Waals surface area contributed by atoms with Crippen LogP contribution in [0.25, 0.3) is 16.6 Å². The van der Waals surface area contributed by atoms with Crippen LogP contribution in [0.1, 0.15) is 38.2 Å². The molecule has 4 rings (SSSR count). The van der Waals surface area contributed by atoms with Gasteiger partial charge in [0.05, 0.1) is 6.20 Å². The van der Waals surface area contributed by atoms with E-state index in [2.05, 4.69) is 9.97 Å². The largest absolute Gasteiger partial charge is 0.552 e. The van der Waals surface area contributed by atoms with Crippen LogP contribution in [-0.2, 0) is 4.79 Å². The maximum atomic E-state index is 11.6. The van der Waals surface area contributed by atoms with Gasteiger partial charge in [-0.15, -0.1) is 0 Å². The van der Waals surface area contributed by atoms with Gasteiger partial charge in [-0.2, -0.15) is 0 Å². The van der Waals surface area contributed by atoms with Gasteiger partial charge in [0.15, 0.2) is 0 Å². The molecule has 0 radical (unpaired) electrons. The number of carbonyl (C=O) groups is 1. The van der Waals surface area contributed by atoms with Gasteiger partial charge in [-0.25, -0.2) is 4.98 Å². The molecule has 0 spiro atoms. The zero-order chi connectivity index (χ0) is 16.0. The summed E-state index contributed by atoms with van der Waals surface area (Å²) in [4.78, 5) is 19.0. The number of nitrogens with zero attached hydrogens (tertiary/aromatic N) is 1. The zero-order valence-electron chi connectivity index (χ0n) is 13.1. The van der Waals surface area contributed by atoms with Crippen LogP contribution in [0, 0.1) is 11.8 Å². The number of pyridine rings is 1. The fraction of sp³-hybridized carbons (Fsp3) is 0.412. The third-order valence-electron chi connectivity index (χ3n) is 5.00. The van der Waals surface area contributed by atoms with Crippen molar-refractivity contribution in [2.24, 2.45) is 11.8 Å². The Kier molecular flexibility index (Phi) is 3.49. The van der Waals surface area contributed by atoms with Gasteiger partial charge < -0.3 is 14.7 Å². The lowest BCUT2D eigenvalue weighted by molar-refractivity contribution is -0.120. The number of Topliss-reactive ketones (excluding diaryl/α,β-unsaturated/α-hetero) is 1. The van der Waals surface area contributed by atoms with E-state index in [0.717, 1.165) is 35.0 Å². The number of carbonyl (C=O) groups excluding carboxylic acids is 1. The Morgan fingerprint density at radius 2 is 2.35 bits per heavy atom. The van der Waals surface area contributed by atoms with Crippen LogP contribution >= 0.6 is 0 Å². The summed E-state index contributed by atoms with van der Waals surface area (Å²) in [7, 11) is -0.924. The van der Waals surface area contributed by atoms with Gasteiger partial charge in [0, 0.05) is 30.0 Å². The molecule has 0 aromatic carbocycles. The maximum absolute atomic E-state index is 11.6. The molecule has 0 amide bonds. The molecular formula is C17H19BN2O3. The van der Waals surface area contributed by atoms with Crippen molar-refractivity contribution in [2.45, 2.75) is 32.6 Å². The van der Waals surface area contributed by atoms with Gasteiger partial charge in [0.1, 0.15) is 17.2 Å². The first-order chi connectivity index (χ1) is 11.2. The first-order valence-electron chi connectivity index (χ1n) is 8.20. The van der Waals surface area contributed by atoms with Crippen LogP contribution in [0.3, 0.4) is 0 Å². The average Bonchev–Trinajstić information content (AvgIpc) is 2.97. The molecular weight excluding hydrogens is 291 g/mol. The van der Waals surface area contributed by atoms with Crippen molar-refractivity contribution in [2.75, 3.05) is 0 Å². The van der Waals surface area contributed by atoms with Gasteiger partial charge in [-0.05, 0) is 42.3 Å². The second kappa shape index (κ2) is 5.53. The normalized spacial score (nSPS) is 23.0. The summed E-state index contributed by atoms with van der Waals surface area (Å²) in [6.07, 6.45) is 6.83. The van der Waals surface area contributed by atoms with E-state index < -0.39 is 7.12 Å². The maximum Gasteiger partial charge on any atom is 0.552 e. The molecule has 118 valence electrons. The average molecular weight is 310 g/mol. The summed E-state index contributed by atoms with van der Waals surface area (Å²) in [5.41, 5.74) is 2.99. The molecule has 0 saturated heterocycles. The Morgan fingerprint density at radius 3 is 3.13 bits per heavy atom. The monoisotopic (exact) mass is 310 g/mol. The van der Waals surface area contributed by atoms with E-state index in [-0.39, 0.29) is 0 Å². The Balaban J connectivity index is 1.63. The minimum Gasteiger partial charge on any atom is -0.531 e. The van der Waals surface area contributed by atoms with E-state index in [1.807, 2.05) is 19.2 Å². The second-order valence-electron chi connectivity index (χ2n) is 6.50. The van der Waals surface area contributed by atoms with Gasteiger partial charge in [0.25, 0.3) is 0 Å². The molecule has 1 aliphatic heterocycles. The second-order valence-corrected chi connectivity index (χ2v) is 6.50. The zero-order valence-corrected chi connectivity index (χ0v) is 13.1. The predicted molar refractivity (Wildman–Crippen MR) is 88.8 cm³/mol. The molecule has 0 atom stereocenters. The third kappa shape index (κ3) is 2.47. The molecule has 1 saturated carbocycles. The van der Waals surface area contributed by atoms with Crippen molar-refractivity contribution in [1.82, 2.24) is 9.97 Å². The number of nitrogens with one attached hydrogen (secondary N) is 1. The molecule has 0 unspecified atom stereocenters. The number of fused-ring (bicyclic) bond motifs is 3. The summed E-state index contributed by atoms with van der Waals surface area (Å²) in [6.45, 7) is 1.92. The summed E-state index contributed by atoms with van der Waals surface area (Å²) >= 11 is 0. The number of allylic oxidation sites excluding steroid dienone is 1. The molecule has 2 aromatic rings. The number of rotatable bonds is 4. The molecule has 2 aliphatic rings. The third-order valence-corrected chi connectivity index (χ3v) is 5.00. The minimum atomic E-state index is -0.924. The summed E-state index contributed by atoms with van der Waals surface area (Å²) in [6, 6.07) is 1.99. The molecule has 3 heterocycles. The lowest BCUT2D eigenvalue weighted by atomic mass is 9.64. The van der Waals surface area contributed by atoms with Crippen LogP contribution in [0.5, 0.6) is 5.75 Å². The van der Waals surface area contributed by atoms with E-state index in [1.165, 1.54) is 0 Å². The Hall–Kier alpha value is -2.08. The number of hydrogen-bond donors (Lipinski definition) is 2. The lowest BCUT2D eigenvalue weighted by Crippen LogP contribution is -2.31. The smallest absolute Gasteiger partial charge is 0.531 e. The lowest BCUT2D eigenvalue weighted by Gasteiger charge is -2.38. The summed E-state index contributed by atoms with van der Waals surface area (Å²) < 4.78 is 5.52. The Morgan fingerprint density at radius 1 is 1.52 bits per heavy atom. The number of ketones is 1. The van der Waals surface area contributed by atoms with Gasteiger partial charge in [-0.3, -0.25) is 4.79 Å². The highest BCUT2D eigenvalue weighted by atomic mass is 16.5. The van der Waals surface area contributed by atoms with Crippen LogP contribution in [-0.4, -0.2) is 27.9 Å². The first kappa shape index (κ1) is 14.5. The van der Waals surface area contributed by atoms with Gasteiger partial charge >= 0.3 is 7.12 Å². The van der Waals surface area contributed by atoms with Crippen LogP contribution in [0.4, 0.5) is 0 Å². The molecule has 1 fully saturated rings. The van der Waals surface area contributed by atoms with E-state index in [4.69, 9.17) is 4.65 Å². The van der Waals surface area contributed by atoms with Crippen LogP contribution in [0.2, 0.25) is 0 Å². The van der Waals surface area contributed by atoms with Crippen molar-refractivity contribution in [1.29, 1.82) is 0 Å². The molecule has 2 aromatic heterocycles. The van der Waals surface area contributed by atoms with Crippen molar-refractivity contribution < 1.29 is 14.5 Å². The molecule has 2 N–H and O–H groups in total. The SMILES string of the molecule is CCC(=O)CC1CC(C2=CB(O)Oc3cnc4[nH]ccc4c32)C1.